The van der Waals surface area contributed by atoms with E-state index in [4.69, 9.17) is 21.1 Å². The molecule has 202 valence electrons. The molecule has 5 rings (SSSR count). The Labute approximate surface area is 227 Å². The van der Waals surface area contributed by atoms with E-state index >= 15 is 0 Å². The molecule has 1 N–H and O–H groups in total. The van der Waals surface area contributed by atoms with Gasteiger partial charge in [-0.25, -0.2) is 4.79 Å². The fourth-order valence-electron chi connectivity index (χ4n) is 5.49. The molecule has 1 aromatic heterocycles. The van der Waals surface area contributed by atoms with E-state index in [1.807, 2.05) is 45.0 Å². The van der Waals surface area contributed by atoms with Gasteiger partial charge in [-0.1, -0.05) is 11.6 Å². The molecule has 3 aromatic rings. The molecule has 0 radical (unpaired) electrons. The van der Waals surface area contributed by atoms with E-state index in [0.29, 0.717) is 23.9 Å². The van der Waals surface area contributed by atoms with Gasteiger partial charge in [0.1, 0.15) is 23.9 Å². The van der Waals surface area contributed by atoms with Crippen molar-refractivity contribution >= 4 is 23.4 Å². The van der Waals surface area contributed by atoms with Gasteiger partial charge in [-0.15, -0.1) is 10.2 Å². The number of anilines is 1. The molecular weight excluding hydrogens is 506 g/mol. The van der Waals surface area contributed by atoms with Gasteiger partial charge in [0.15, 0.2) is 5.82 Å². The summed E-state index contributed by atoms with van der Waals surface area (Å²) in [6.45, 7) is 9.33. The molecule has 0 fully saturated rings. The smallest absolute Gasteiger partial charge is 0.412 e. The molecule has 2 aromatic carbocycles. The number of hydrogen-bond acceptors (Lipinski definition) is 6. The molecule has 1 aliphatic heterocycles. The van der Waals surface area contributed by atoms with Crippen LogP contribution in [0.5, 0.6) is 11.5 Å². The molecule has 10 heteroatoms. The Hall–Kier alpha value is -3.30. The normalized spacial score (nSPS) is 15.2. The molecule has 2 heterocycles. The van der Waals surface area contributed by atoms with Gasteiger partial charge < -0.3 is 19.1 Å². The van der Waals surface area contributed by atoms with Crippen LogP contribution in [0, 0.1) is 0 Å². The maximum atomic E-state index is 12.1. The van der Waals surface area contributed by atoms with Crippen LogP contribution in [0.15, 0.2) is 30.3 Å². The molecule has 1 amide bonds. The summed E-state index contributed by atoms with van der Waals surface area (Å²) in [7, 11) is 1.64. The molecule has 2 aliphatic rings. The molecule has 1 aliphatic carbocycles. The minimum Gasteiger partial charge on any atom is -0.496 e. The molecule has 0 spiro atoms. The third-order valence-corrected chi connectivity index (χ3v) is 7.45. The second-order valence-electron chi connectivity index (χ2n) is 10.7. The van der Waals surface area contributed by atoms with Gasteiger partial charge >= 0.3 is 6.09 Å². The predicted molar refractivity (Wildman–Crippen MR) is 147 cm³/mol. The van der Waals surface area contributed by atoms with E-state index in [1.165, 1.54) is 4.90 Å². The van der Waals surface area contributed by atoms with E-state index in [-0.39, 0.29) is 0 Å². The molecule has 38 heavy (non-hydrogen) atoms. The molecule has 0 bridgehead atoms. The first-order valence-corrected chi connectivity index (χ1v) is 13.3. The van der Waals surface area contributed by atoms with Crippen molar-refractivity contribution in [2.75, 3.05) is 31.7 Å². The van der Waals surface area contributed by atoms with Crippen LogP contribution >= 0.6 is 11.6 Å². The number of benzene rings is 2. The quantitative estimate of drug-likeness (QED) is 0.437. The number of nitrogens with zero attached hydrogens (tertiary/aromatic N) is 5. The fraction of sp³-hybridized carbons (Fsp3) is 0.464. The number of carbonyl (C=O) groups is 1. The molecule has 0 atom stereocenters. The maximum absolute atomic E-state index is 12.1. The Morgan fingerprint density at radius 1 is 1.11 bits per heavy atom. The van der Waals surface area contributed by atoms with Crippen LogP contribution in [0.1, 0.15) is 44.1 Å². The van der Waals surface area contributed by atoms with Gasteiger partial charge in [0.25, 0.3) is 0 Å². The monoisotopic (exact) mass is 539 g/mol. The van der Waals surface area contributed by atoms with Crippen LogP contribution in [0.2, 0.25) is 5.02 Å². The summed E-state index contributed by atoms with van der Waals surface area (Å²) in [5.41, 5.74) is 3.30. The van der Waals surface area contributed by atoms with Crippen LogP contribution in [0.25, 0.3) is 11.4 Å². The van der Waals surface area contributed by atoms with E-state index in [1.54, 1.807) is 13.2 Å². The summed E-state index contributed by atoms with van der Waals surface area (Å²) in [5, 5.41) is 19.4. The summed E-state index contributed by atoms with van der Waals surface area (Å²) < 4.78 is 13.9. The largest absolute Gasteiger partial charge is 0.496 e. The number of aromatic nitrogens is 3. The Kier molecular flexibility index (Phi) is 7.24. The topological polar surface area (TPSA) is 93.0 Å². The lowest BCUT2D eigenvalue weighted by molar-refractivity contribution is 0.174. The van der Waals surface area contributed by atoms with E-state index < -0.39 is 11.6 Å². The van der Waals surface area contributed by atoms with E-state index in [9.17, 15) is 9.90 Å². The highest BCUT2D eigenvalue weighted by molar-refractivity contribution is 6.30. The Bertz CT molecular complexity index is 1350. The van der Waals surface area contributed by atoms with Crippen molar-refractivity contribution in [3.05, 3.63) is 52.3 Å². The highest BCUT2D eigenvalue weighted by Crippen LogP contribution is 2.40. The first-order chi connectivity index (χ1) is 18.2. The van der Waals surface area contributed by atoms with E-state index in [2.05, 4.69) is 19.7 Å². The van der Waals surface area contributed by atoms with Crippen LogP contribution in [-0.2, 0) is 25.9 Å². The van der Waals surface area contributed by atoms with Crippen molar-refractivity contribution in [1.29, 1.82) is 0 Å². The number of methoxy groups -OCH3 is 1. The van der Waals surface area contributed by atoms with Crippen molar-refractivity contribution < 1.29 is 19.4 Å². The lowest BCUT2D eigenvalue weighted by Crippen LogP contribution is -2.45. The minimum atomic E-state index is -0.935. The van der Waals surface area contributed by atoms with Gasteiger partial charge in [0, 0.05) is 30.2 Å². The Morgan fingerprint density at radius 2 is 1.87 bits per heavy atom. The minimum absolute atomic E-state index is 0.531. The van der Waals surface area contributed by atoms with Crippen LogP contribution in [-0.4, -0.2) is 63.2 Å². The Morgan fingerprint density at radius 3 is 2.61 bits per heavy atom. The van der Waals surface area contributed by atoms with Gasteiger partial charge in [0.05, 0.1) is 24.9 Å². The van der Waals surface area contributed by atoms with Crippen LogP contribution < -0.4 is 14.4 Å². The van der Waals surface area contributed by atoms with Crippen molar-refractivity contribution in [3.8, 4) is 22.9 Å². The highest BCUT2D eigenvalue weighted by Gasteiger charge is 2.32. The van der Waals surface area contributed by atoms with Gasteiger partial charge in [0.2, 0.25) is 0 Å². The first-order valence-electron chi connectivity index (χ1n) is 13.0. The lowest BCUT2D eigenvalue weighted by Gasteiger charge is -2.34. The lowest BCUT2D eigenvalue weighted by atomic mass is 10.0. The standard InChI is InChI=1S/C28H34ClN5O4/c1-28(2,3)34(27(35)36)22-9-11-24(20-7-5-6-19(20)22)38-15-14-32-12-13-33-25(17-32)30-31-26(33)21-16-18(29)8-10-23(21)37-4/h8-11,16H,5-7,12-15,17H2,1-4H3,(H,35,36). The van der Waals surface area contributed by atoms with Crippen molar-refractivity contribution in [2.45, 2.75) is 58.7 Å². The summed E-state index contributed by atoms with van der Waals surface area (Å²) in [4.78, 5) is 15.8. The number of halogens is 1. The highest BCUT2D eigenvalue weighted by atomic mass is 35.5. The zero-order valence-corrected chi connectivity index (χ0v) is 23.1. The summed E-state index contributed by atoms with van der Waals surface area (Å²) in [5.74, 6) is 3.23. The predicted octanol–water partition coefficient (Wildman–Crippen LogP) is 5.27. The van der Waals surface area contributed by atoms with Crippen LogP contribution in [0.4, 0.5) is 10.5 Å². The summed E-state index contributed by atoms with van der Waals surface area (Å²) in [6.07, 6.45) is 1.83. The maximum Gasteiger partial charge on any atom is 0.412 e. The number of ether oxygens (including phenoxy) is 2. The second-order valence-corrected chi connectivity index (χ2v) is 11.2. The zero-order valence-electron chi connectivity index (χ0n) is 22.3. The van der Waals surface area contributed by atoms with Crippen molar-refractivity contribution in [1.82, 2.24) is 19.7 Å². The average molecular weight is 540 g/mol. The summed E-state index contributed by atoms with van der Waals surface area (Å²) >= 11 is 6.23. The molecule has 0 saturated heterocycles. The second kappa shape index (κ2) is 10.5. The zero-order chi connectivity index (χ0) is 27.0. The van der Waals surface area contributed by atoms with Crippen molar-refractivity contribution in [3.63, 3.8) is 0 Å². The molecule has 0 unspecified atom stereocenters. The van der Waals surface area contributed by atoms with Crippen LogP contribution in [0.3, 0.4) is 0 Å². The third-order valence-electron chi connectivity index (χ3n) is 7.22. The number of fused-ring (bicyclic) bond motifs is 2. The number of rotatable bonds is 7. The van der Waals surface area contributed by atoms with Crippen molar-refractivity contribution in [2.24, 2.45) is 0 Å². The first kappa shape index (κ1) is 26.3. The SMILES string of the molecule is COc1ccc(Cl)cc1-c1nnc2n1CCN(CCOc1ccc(N(C(=O)O)C(C)(C)C)c3c1CCC3)C2. The third kappa shape index (κ3) is 5.05. The fourth-order valence-corrected chi connectivity index (χ4v) is 5.66. The number of amides is 1. The van der Waals surface area contributed by atoms with Gasteiger partial charge in [-0.2, -0.15) is 0 Å². The molecule has 9 nitrogen and oxygen atoms in total. The number of carboxylic acid groups (broad SMARTS) is 1. The van der Waals surface area contributed by atoms with Gasteiger partial charge in [-0.05, 0) is 81.5 Å². The summed E-state index contributed by atoms with van der Waals surface area (Å²) in [6, 6.07) is 9.33. The molecule has 0 saturated carbocycles. The molecular formula is C28H34ClN5O4. The van der Waals surface area contributed by atoms with Gasteiger partial charge in [-0.3, -0.25) is 9.80 Å². The van der Waals surface area contributed by atoms with E-state index in [0.717, 1.165) is 78.7 Å². The average Bonchev–Trinajstić information content (AvgIpc) is 3.52. The number of hydrogen-bond donors (Lipinski definition) is 1. The Balaban J connectivity index is 1.26.